The summed E-state index contributed by atoms with van der Waals surface area (Å²) in [4.78, 5) is 11.0. The molecule has 0 saturated heterocycles. The van der Waals surface area contributed by atoms with Crippen molar-refractivity contribution in [3.63, 3.8) is 0 Å². The van der Waals surface area contributed by atoms with E-state index >= 15 is 0 Å². The van der Waals surface area contributed by atoms with Crippen molar-refractivity contribution in [3.05, 3.63) is 12.2 Å². The third kappa shape index (κ3) is 29.4. The average Bonchev–Trinajstić information content (AvgIpc) is 2.08. The molecule has 0 spiro atoms. The smallest absolute Gasteiger partial charge is 0.352 e. The number of nitrogens with zero attached hydrogens (tertiary/aromatic N) is 1. The lowest BCUT2D eigenvalue weighted by atomic mass is 10.3. The van der Waals surface area contributed by atoms with Crippen molar-refractivity contribution >= 4 is 16.3 Å². The molecule has 8 heteroatoms. The molecule has 7 nitrogen and oxygen atoms in total. The summed E-state index contributed by atoms with van der Waals surface area (Å²) in [5.41, 5.74) is 0. The number of allylic oxidation sites excluding steroid dienone is 1. The normalized spacial score (nSPS) is 11.9. The van der Waals surface area contributed by atoms with E-state index in [9.17, 15) is 4.79 Å². The van der Waals surface area contributed by atoms with Crippen molar-refractivity contribution in [3.8, 4) is 0 Å². The summed E-state index contributed by atoms with van der Waals surface area (Å²) in [6, 6.07) is 0. The number of hydrogen-bond donors (Lipinski definition) is 3. The quantitative estimate of drug-likeness (QED) is 0.288. The van der Waals surface area contributed by atoms with Crippen LogP contribution >= 0.6 is 0 Å². The Kier molecular flexibility index (Phi) is 9.73. The second-order valence-electron chi connectivity index (χ2n) is 4.61. The Morgan fingerprint density at radius 1 is 1.28 bits per heavy atom. The third-order valence-electron chi connectivity index (χ3n) is 1.62. The Labute approximate surface area is 109 Å². The summed E-state index contributed by atoms with van der Waals surface area (Å²) in [5, 5.41) is 2.82. The van der Waals surface area contributed by atoms with E-state index in [-0.39, 0.29) is 5.91 Å². The maximum atomic E-state index is 11.0. The summed E-state index contributed by atoms with van der Waals surface area (Å²) in [6.07, 6.45) is 4.31. The van der Waals surface area contributed by atoms with E-state index in [4.69, 9.17) is 17.5 Å². The van der Waals surface area contributed by atoms with E-state index in [1.54, 1.807) is 12.2 Å². The summed E-state index contributed by atoms with van der Waals surface area (Å²) in [7, 11) is 1.77. The highest BCUT2D eigenvalue weighted by Gasteiger charge is 2.05. The number of carbonyl (C=O) groups is 1. The highest BCUT2D eigenvalue weighted by atomic mass is 32.3. The van der Waals surface area contributed by atoms with Crippen molar-refractivity contribution in [1.29, 1.82) is 0 Å². The van der Waals surface area contributed by atoms with E-state index in [1.165, 1.54) is 0 Å². The van der Waals surface area contributed by atoms with Crippen LogP contribution in [0.15, 0.2) is 12.2 Å². The second kappa shape index (κ2) is 9.03. The Bertz CT molecular complexity index is 349. The van der Waals surface area contributed by atoms with Gasteiger partial charge in [0.05, 0.1) is 27.7 Å². The standard InChI is InChI=1S/C10H20N2O.H2O4S/c1-5-7-10(13)11-8-6-9-12(2,3)4;1-5(2,3)4/h5,7H,6,8-9H2,1-4H3;(H2,1,2,3,4)/p+1. The highest BCUT2D eigenvalue weighted by Crippen LogP contribution is 1.91. The van der Waals surface area contributed by atoms with Gasteiger partial charge in [-0.3, -0.25) is 13.9 Å². The summed E-state index contributed by atoms with van der Waals surface area (Å²) >= 11 is 0. The molecule has 0 aliphatic heterocycles. The lowest BCUT2D eigenvalue weighted by Gasteiger charge is -2.23. The molecule has 0 aliphatic carbocycles. The van der Waals surface area contributed by atoms with Gasteiger partial charge in [0.1, 0.15) is 0 Å². The minimum Gasteiger partial charge on any atom is -0.352 e. The first-order valence-electron chi connectivity index (χ1n) is 5.36. The maximum Gasteiger partial charge on any atom is 0.394 e. The molecule has 3 N–H and O–H groups in total. The molecule has 0 aliphatic rings. The molecule has 0 aromatic heterocycles. The van der Waals surface area contributed by atoms with Crippen LogP contribution in [0.3, 0.4) is 0 Å². The van der Waals surface area contributed by atoms with Crippen LogP contribution in [0.25, 0.3) is 0 Å². The molecule has 1 amide bonds. The zero-order valence-electron chi connectivity index (χ0n) is 11.3. The van der Waals surface area contributed by atoms with Crippen LogP contribution in [0.2, 0.25) is 0 Å². The fourth-order valence-corrected chi connectivity index (χ4v) is 0.975. The van der Waals surface area contributed by atoms with E-state index in [2.05, 4.69) is 26.5 Å². The molecular weight excluding hydrogens is 260 g/mol. The van der Waals surface area contributed by atoms with Crippen LogP contribution in [0.5, 0.6) is 0 Å². The van der Waals surface area contributed by atoms with Crippen LogP contribution in [-0.4, -0.2) is 62.1 Å². The van der Waals surface area contributed by atoms with Crippen LogP contribution in [-0.2, 0) is 15.2 Å². The Morgan fingerprint density at radius 2 is 1.72 bits per heavy atom. The SMILES string of the molecule is CC=CC(=O)NCCC[N+](C)(C)C.O=S(=O)(O)O. The van der Waals surface area contributed by atoms with Gasteiger partial charge in [-0.25, -0.2) is 0 Å². The molecule has 0 aromatic rings. The number of nitrogens with one attached hydrogen (secondary N) is 1. The monoisotopic (exact) mass is 283 g/mol. The molecule has 0 radical (unpaired) electrons. The van der Waals surface area contributed by atoms with Gasteiger partial charge in [0, 0.05) is 13.0 Å². The predicted molar refractivity (Wildman–Crippen MR) is 69.5 cm³/mol. The van der Waals surface area contributed by atoms with Gasteiger partial charge in [-0.1, -0.05) is 6.08 Å². The van der Waals surface area contributed by atoms with Gasteiger partial charge in [-0.05, 0) is 13.0 Å². The van der Waals surface area contributed by atoms with Crippen molar-refractivity contribution in [2.75, 3.05) is 34.2 Å². The largest absolute Gasteiger partial charge is 0.394 e. The zero-order chi connectivity index (χ0) is 14.8. The van der Waals surface area contributed by atoms with Crippen molar-refractivity contribution < 1.29 is 26.8 Å². The first kappa shape index (κ1) is 19.4. The van der Waals surface area contributed by atoms with E-state index in [0.29, 0.717) is 0 Å². The van der Waals surface area contributed by atoms with Gasteiger partial charge < -0.3 is 9.80 Å². The molecule has 0 bridgehead atoms. The predicted octanol–water partition coefficient (Wildman–Crippen LogP) is 0.122. The molecule has 0 fully saturated rings. The van der Waals surface area contributed by atoms with Crippen LogP contribution < -0.4 is 5.32 Å². The summed E-state index contributed by atoms with van der Waals surface area (Å²) in [5.74, 6) is 0.00362. The van der Waals surface area contributed by atoms with E-state index < -0.39 is 10.4 Å². The van der Waals surface area contributed by atoms with Gasteiger partial charge in [0.2, 0.25) is 5.91 Å². The van der Waals surface area contributed by atoms with E-state index in [1.807, 2.05) is 6.92 Å². The van der Waals surface area contributed by atoms with E-state index in [0.717, 1.165) is 24.0 Å². The average molecular weight is 283 g/mol. The summed E-state index contributed by atoms with van der Waals surface area (Å²) in [6.45, 7) is 3.68. The topological polar surface area (TPSA) is 104 Å². The van der Waals surface area contributed by atoms with Crippen molar-refractivity contribution in [2.24, 2.45) is 0 Å². The lowest BCUT2D eigenvalue weighted by Crippen LogP contribution is -2.37. The lowest BCUT2D eigenvalue weighted by molar-refractivity contribution is -0.870. The van der Waals surface area contributed by atoms with Crippen molar-refractivity contribution in [2.45, 2.75) is 13.3 Å². The number of quaternary nitrogens is 1. The fraction of sp³-hybridized carbons (Fsp3) is 0.700. The first-order valence-corrected chi connectivity index (χ1v) is 6.76. The maximum absolute atomic E-state index is 11.0. The molecule has 0 heterocycles. The molecule has 18 heavy (non-hydrogen) atoms. The first-order chi connectivity index (χ1) is 7.95. The highest BCUT2D eigenvalue weighted by molar-refractivity contribution is 7.79. The van der Waals surface area contributed by atoms with Gasteiger partial charge in [-0.15, -0.1) is 0 Å². The van der Waals surface area contributed by atoms with Crippen LogP contribution in [0.1, 0.15) is 13.3 Å². The number of rotatable bonds is 5. The van der Waals surface area contributed by atoms with Crippen LogP contribution in [0, 0.1) is 0 Å². The van der Waals surface area contributed by atoms with Crippen LogP contribution in [0.4, 0.5) is 0 Å². The fourth-order valence-electron chi connectivity index (χ4n) is 0.975. The molecule has 0 rings (SSSR count). The Balaban J connectivity index is 0. The minimum atomic E-state index is -4.67. The second-order valence-corrected chi connectivity index (χ2v) is 5.50. The van der Waals surface area contributed by atoms with Gasteiger partial charge in [-0.2, -0.15) is 8.42 Å². The zero-order valence-corrected chi connectivity index (χ0v) is 12.1. The number of carbonyl (C=O) groups excluding carboxylic acids is 1. The Morgan fingerprint density at radius 3 is 2.06 bits per heavy atom. The van der Waals surface area contributed by atoms with Gasteiger partial charge in [0.15, 0.2) is 0 Å². The number of amides is 1. The number of hydrogen-bond acceptors (Lipinski definition) is 3. The van der Waals surface area contributed by atoms with Crippen molar-refractivity contribution in [1.82, 2.24) is 5.32 Å². The molecule has 0 atom stereocenters. The summed E-state index contributed by atoms with van der Waals surface area (Å²) < 4.78 is 32.5. The Hall–Kier alpha value is -0.960. The molecule has 0 aromatic carbocycles. The third-order valence-corrected chi connectivity index (χ3v) is 1.62. The molecule has 0 saturated carbocycles. The van der Waals surface area contributed by atoms with Gasteiger partial charge in [0.25, 0.3) is 0 Å². The minimum absolute atomic E-state index is 0.00362. The molecule has 108 valence electrons. The molecular formula is C10H23N2O5S+. The molecule has 0 unspecified atom stereocenters. The van der Waals surface area contributed by atoms with Gasteiger partial charge >= 0.3 is 10.4 Å².